The Morgan fingerprint density at radius 3 is 2.79 bits per heavy atom. The average molecular weight is 328 g/mol. The quantitative estimate of drug-likeness (QED) is 0.835. The molecule has 0 unspecified atom stereocenters. The third-order valence-corrected chi connectivity index (χ3v) is 5.64. The summed E-state index contributed by atoms with van der Waals surface area (Å²) in [6.07, 6.45) is 4.30. The molecule has 24 heavy (non-hydrogen) atoms. The molecule has 2 atom stereocenters. The largest absolute Gasteiger partial charge is 0.373 e. The first kappa shape index (κ1) is 15.6. The third-order valence-electron chi connectivity index (χ3n) is 5.64. The van der Waals surface area contributed by atoms with Gasteiger partial charge in [0.25, 0.3) is 5.91 Å². The Balaban J connectivity index is 1.45. The number of nitrogens with zero attached hydrogens (tertiary/aromatic N) is 2. The van der Waals surface area contributed by atoms with Gasteiger partial charge in [-0.15, -0.1) is 0 Å². The SMILES string of the molecule is O=C(c1ccccc1)N1CC[C@]2(C[C@@H](N3CCCC3=O)CCO2)C1. The van der Waals surface area contributed by atoms with Crippen LogP contribution in [0.25, 0.3) is 0 Å². The highest BCUT2D eigenvalue weighted by Gasteiger charge is 2.46. The summed E-state index contributed by atoms with van der Waals surface area (Å²) in [5.74, 6) is 0.364. The smallest absolute Gasteiger partial charge is 0.253 e. The number of rotatable bonds is 2. The van der Waals surface area contributed by atoms with E-state index in [1.807, 2.05) is 40.1 Å². The zero-order chi connectivity index (χ0) is 16.6. The number of amides is 2. The van der Waals surface area contributed by atoms with Gasteiger partial charge in [-0.1, -0.05) is 18.2 Å². The molecule has 2 amide bonds. The third kappa shape index (κ3) is 2.81. The summed E-state index contributed by atoms with van der Waals surface area (Å²) in [5, 5.41) is 0. The first-order valence-corrected chi connectivity index (χ1v) is 8.95. The molecule has 3 aliphatic heterocycles. The second-order valence-corrected chi connectivity index (χ2v) is 7.21. The van der Waals surface area contributed by atoms with Crippen LogP contribution in [0.4, 0.5) is 0 Å². The molecule has 3 aliphatic rings. The van der Waals surface area contributed by atoms with Crippen LogP contribution in [0.5, 0.6) is 0 Å². The first-order valence-electron chi connectivity index (χ1n) is 8.95. The van der Waals surface area contributed by atoms with Crippen LogP contribution in [0.3, 0.4) is 0 Å². The van der Waals surface area contributed by atoms with Gasteiger partial charge in [0.2, 0.25) is 5.91 Å². The lowest BCUT2D eigenvalue weighted by Gasteiger charge is -2.41. The summed E-state index contributed by atoms with van der Waals surface area (Å²) in [6.45, 7) is 2.93. The number of likely N-dealkylation sites (tertiary alicyclic amines) is 2. The zero-order valence-electron chi connectivity index (χ0n) is 13.9. The van der Waals surface area contributed by atoms with Crippen LogP contribution in [-0.2, 0) is 9.53 Å². The number of hydrogen-bond acceptors (Lipinski definition) is 3. The average Bonchev–Trinajstić information content (AvgIpc) is 3.22. The molecule has 1 spiro atoms. The molecule has 1 aromatic rings. The fourth-order valence-electron chi connectivity index (χ4n) is 4.39. The Bertz CT molecular complexity index is 633. The number of ether oxygens (including phenoxy) is 1. The molecule has 0 bridgehead atoms. The topological polar surface area (TPSA) is 49.9 Å². The van der Waals surface area contributed by atoms with Crippen LogP contribution in [-0.4, -0.2) is 59.5 Å². The van der Waals surface area contributed by atoms with Gasteiger partial charge in [0.1, 0.15) is 0 Å². The van der Waals surface area contributed by atoms with E-state index in [9.17, 15) is 9.59 Å². The second-order valence-electron chi connectivity index (χ2n) is 7.21. The molecule has 0 N–H and O–H groups in total. The van der Waals surface area contributed by atoms with Gasteiger partial charge < -0.3 is 14.5 Å². The predicted molar refractivity (Wildman–Crippen MR) is 89.6 cm³/mol. The summed E-state index contributed by atoms with van der Waals surface area (Å²) in [5.41, 5.74) is 0.465. The van der Waals surface area contributed by atoms with Crippen molar-refractivity contribution in [2.45, 2.75) is 43.7 Å². The summed E-state index contributed by atoms with van der Waals surface area (Å²) in [4.78, 5) is 28.7. The molecule has 0 radical (unpaired) electrons. The van der Waals surface area contributed by atoms with E-state index < -0.39 is 0 Å². The molecule has 4 rings (SSSR count). The van der Waals surface area contributed by atoms with E-state index in [0.717, 1.165) is 44.3 Å². The number of hydrogen-bond donors (Lipinski definition) is 0. The van der Waals surface area contributed by atoms with E-state index in [-0.39, 0.29) is 23.5 Å². The van der Waals surface area contributed by atoms with Crippen molar-refractivity contribution in [2.24, 2.45) is 0 Å². The van der Waals surface area contributed by atoms with Crippen LogP contribution in [0.1, 0.15) is 42.5 Å². The first-order chi connectivity index (χ1) is 11.7. The van der Waals surface area contributed by atoms with Gasteiger partial charge in [0, 0.05) is 37.7 Å². The van der Waals surface area contributed by atoms with Crippen molar-refractivity contribution in [2.75, 3.05) is 26.2 Å². The summed E-state index contributed by atoms with van der Waals surface area (Å²) >= 11 is 0. The molecule has 5 heteroatoms. The minimum atomic E-state index is -0.268. The molecule has 1 aromatic carbocycles. The van der Waals surface area contributed by atoms with Gasteiger partial charge in [0.05, 0.1) is 12.1 Å². The highest BCUT2D eigenvalue weighted by molar-refractivity contribution is 5.94. The number of carbonyl (C=O) groups is 2. The van der Waals surface area contributed by atoms with Gasteiger partial charge in [0.15, 0.2) is 0 Å². The Hall–Kier alpha value is -1.88. The molecule has 128 valence electrons. The molecular weight excluding hydrogens is 304 g/mol. The lowest BCUT2D eigenvalue weighted by molar-refractivity contribution is -0.137. The van der Waals surface area contributed by atoms with Crippen molar-refractivity contribution in [3.8, 4) is 0 Å². The van der Waals surface area contributed by atoms with Crippen LogP contribution in [0.15, 0.2) is 30.3 Å². The number of carbonyl (C=O) groups excluding carboxylic acids is 2. The van der Waals surface area contributed by atoms with Gasteiger partial charge >= 0.3 is 0 Å². The standard InChI is InChI=1S/C19H24N2O3/c22-17-7-4-10-21(17)16-8-12-24-19(13-16)9-11-20(14-19)18(23)15-5-2-1-3-6-15/h1-3,5-6,16H,4,7-14H2/t16-,19-/m0/s1. The normalized spacial score (nSPS) is 30.3. The van der Waals surface area contributed by atoms with E-state index in [1.54, 1.807) is 0 Å². The van der Waals surface area contributed by atoms with Gasteiger partial charge in [-0.3, -0.25) is 9.59 Å². The summed E-state index contributed by atoms with van der Waals surface area (Å²) in [7, 11) is 0. The lowest BCUT2D eigenvalue weighted by atomic mass is 9.89. The Morgan fingerprint density at radius 2 is 2.04 bits per heavy atom. The maximum Gasteiger partial charge on any atom is 0.253 e. The van der Waals surface area contributed by atoms with Crippen molar-refractivity contribution < 1.29 is 14.3 Å². The molecule has 0 aromatic heterocycles. The predicted octanol–water partition coefficient (Wildman–Crippen LogP) is 2.07. The lowest BCUT2D eigenvalue weighted by Crippen LogP contribution is -2.50. The number of benzene rings is 1. The van der Waals surface area contributed by atoms with E-state index in [1.165, 1.54) is 0 Å². The fraction of sp³-hybridized carbons (Fsp3) is 0.579. The Morgan fingerprint density at radius 1 is 1.21 bits per heavy atom. The van der Waals surface area contributed by atoms with Crippen molar-refractivity contribution in [1.29, 1.82) is 0 Å². The zero-order valence-corrected chi connectivity index (χ0v) is 13.9. The van der Waals surface area contributed by atoms with Crippen LogP contribution < -0.4 is 0 Å². The maximum atomic E-state index is 12.7. The van der Waals surface area contributed by atoms with Crippen LogP contribution in [0.2, 0.25) is 0 Å². The minimum Gasteiger partial charge on any atom is -0.373 e. The molecule has 3 saturated heterocycles. The summed E-state index contributed by atoms with van der Waals surface area (Å²) in [6, 6.07) is 9.71. The van der Waals surface area contributed by atoms with Crippen molar-refractivity contribution >= 4 is 11.8 Å². The monoisotopic (exact) mass is 328 g/mol. The van der Waals surface area contributed by atoms with Crippen LogP contribution in [0, 0.1) is 0 Å². The molecule has 3 heterocycles. The maximum absolute atomic E-state index is 12.7. The van der Waals surface area contributed by atoms with E-state index in [2.05, 4.69) is 0 Å². The fourth-order valence-corrected chi connectivity index (χ4v) is 4.39. The van der Waals surface area contributed by atoms with Gasteiger partial charge in [-0.05, 0) is 37.8 Å². The van der Waals surface area contributed by atoms with E-state index in [4.69, 9.17) is 4.74 Å². The van der Waals surface area contributed by atoms with E-state index in [0.29, 0.717) is 19.6 Å². The molecule has 0 saturated carbocycles. The molecule has 0 aliphatic carbocycles. The highest BCUT2D eigenvalue weighted by Crippen LogP contribution is 2.37. The van der Waals surface area contributed by atoms with Crippen molar-refractivity contribution in [3.63, 3.8) is 0 Å². The van der Waals surface area contributed by atoms with Gasteiger partial charge in [-0.2, -0.15) is 0 Å². The Labute approximate surface area is 142 Å². The second kappa shape index (κ2) is 6.20. The van der Waals surface area contributed by atoms with E-state index >= 15 is 0 Å². The molecule has 5 nitrogen and oxygen atoms in total. The van der Waals surface area contributed by atoms with Gasteiger partial charge in [-0.25, -0.2) is 0 Å². The van der Waals surface area contributed by atoms with Crippen molar-refractivity contribution in [3.05, 3.63) is 35.9 Å². The van der Waals surface area contributed by atoms with Crippen molar-refractivity contribution in [1.82, 2.24) is 9.80 Å². The highest BCUT2D eigenvalue weighted by atomic mass is 16.5. The summed E-state index contributed by atoms with van der Waals surface area (Å²) < 4.78 is 6.14. The molecule has 3 fully saturated rings. The Kier molecular flexibility index (Phi) is 4.04. The van der Waals surface area contributed by atoms with Crippen LogP contribution >= 0.6 is 0 Å². The molecular formula is C19H24N2O3. The minimum absolute atomic E-state index is 0.0791.